The van der Waals surface area contributed by atoms with Crippen molar-refractivity contribution >= 4 is 16.8 Å². The molecule has 2 aromatic heterocycles. The molecule has 1 amide bonds. The highest BCUT2D eigenvalue weighted by Crippen LogP contribution is 2.20. The molecule has 1 aliphatic heterocycles. The molecule has 3 heterocycles. The minimum Gasteiger partial charge on any atom is -0.341 e. The third-order valence-electron chi connectivity index (χ3n) is 5.22. The lowest BCUT2D eigenvalue weighted by molar-refractivity contribution is 0.0762. The number of piperidine rings is 1. The van der Waals surface area contributed by atoms with Crippen molar-refractivity contribution < 1.29 is 4.79 Å². The Morgan fingerprint density at radius 1 is 1.14 bits per heavy atom. The SMILES string of the molecule is CN(CC1CCNCC1)C(=O)c1cnc(-c2ccc3[nH]c(=O)ccc3c2)nc1. The number of carbonyl (C=O) groups is 1. The molecule has 1 fully saturated rings. The van der Waals surface area contributed by atoms with Crippen LogP contribution in [0.3, 0.4) is 0 Å². The van der Waals surface area contributed by atoms with E-state index < -0.39 is 0 Å². The van der Waals surface area contributed by atoms with Gasteiger partial charge < -0.3 is 15.2 Å². The number of hydrogen-bond donors (Lipinski definition) is 2. The zero-order valence-corrected chi connectivity index (χ0v) is 15.8. The Morgan fingerprint density at radius 2 is 1.89 bits per heavy atom. The van der Waals surface area contributed by atoms with E-state index >= 15 is 0 Å². The van der Waals surface area contributed by atoms with Gasteiger partial charge in [0.25, 0.3) is 5.91 Å². The largest absolute Gasteiger partial charge is 0.341 e. The highest BCUT2D eigenvalue weighted by atomic mass is 16.2. The Balaban J connectivity index is 1.49. The fraction of sp³-hybridized carbons (Fsp3) is 0.333. The van der Waals surface area contributed by atoms with Crippen LogP contribution in [0.5, 0.6) is 0 Å². The average Bonchev–Trinajstić information content (AvgIpc) is 2.73. The first-order valence-corrected chi connectivity index (χ1v) is 9.52. The first-order chi connectivity index (χ1) is 13.6. The van der Waals surface area contributed by atoms with Crippen LogP contribution in [-0.4, -0.2) is 52.4 Å². The quantitative estimate of drug-likeness (QED) is 0.726. The normalized spacial score (nSPS) is 14.9. The molecule has 7 heteroatoms. The number of pyridine rings is 1. The van der Waals surface area contributed by atoms with Crippen molar-refractivity contribution in [1.82, 2.24) is 25.2 Å². The van der Waals surface area contributed by atoms with Crippen molar-refractivity contribution in [2.45, 2.75) is 12.8 Å². The fourth-order valence-electron chi connectivity index (χ4n) is 3.64. The number of rotatable bonds is 4. The summed E-state index contributed by atoms with van der Waals surface area (Å²) in [5.41, 5.74) is 1.96. The zero-order valence-electron chi connectivity index (χ0n) is 15.8. The highest BCUT2D eigenvalue weighted by Gasteiger charge is 2.19. The maximum atomic E-state index is 12.7. The van der Waals surface area contributed by atoms with Gasteiger partial charge in [-0.3, -0.25) is 9.59 Å². The van der Waals surface area contributed by atoms with Crippen molar-refractivity contribution in [1.29, 1.82) is 0 Å². The van der Waals surface area contributed by atoms with Gasteiger partial charge >= 0.3 is 0 Å². The highest BCUT2D eigenvalue weighted by molar-refractivity contribution is 5.93. The van der Waals surface area contributed by atoms with E-state index in [2.05, 4.69) is 20.3 Å². The monoisotopic (exact) mass is 377 g/mol. The molecule has 144 valence electrons. The Bertz CT molecular complexity index is 1040. The van der Waals surface area contributed by atoms with Crippen molar-refractivity contribution in [2.24, 2.45) is 5.92 Å². The summed E-state index contributed by atoms with van der Waals surface area (Å²) in [5, 5.41) is 4.25. The van der Waals surface area contributed by atoms with Crippen LogP contribution in [-0.2, 0) is 0 Å². The van der Waals surface area contributed by atoms with E-state index in [-0.39, 0.29) is 11.5 Å². The molecule has 28 heavy (non-hydrogen) atoms. The summed E-state index contributed by atoms with van der Waals surface area (Å²) in [6.07, 6.45) is 5.36. The van der Waals surface area contributed by atoms with E-state index in [0.717, 1.165) is 48.9 Å². The van der Waals surface area contributed by atoms with Gasteiger partial charge in [-0.2, -0.15) is 0 Å². The standard InChI is InChI=1S/C21H23N5O2/c1-26(13-14-6-8-22-9-7-14)21(28)17-11-23-20(24-12-17)16-2-4-18-15(10-16)3-5-19(27)25-18/h2-5,10-12,14,22H,6-9,13H2,1H3,(H,25,27). The Kier molecular flexibility index (Phi) is 5.16. The molecule has 0 saturated carbocycles. The van der Waals surface area contributed by atoms with E-state index in [1.807, 2.05) is 25.2 Å². The van der Waals surface area contributed by atoms with Crippen molar-refractivity contribution in [3.8, 4) is 11.4 Å². The first kappa shape index (κ1) is 18.3. The van der Waals surface area contributed by atoms with Crippen LogP contribution in [0.2, 0.25) is 0 Å². The number of amides is 1. The second kappa shape index (κ2) is 7.90. The second-order valence-corrected chi connectivity index (χ2v) is 7.30. The van der Waals surface area contributed by atoms with Crippen LogP contribution in [0.25, 0.3) is 22.3 Å². The molecule has 7 nitrogen and oxygen atoms in total. The summed E-state index contributed by atoms with van der Waals surface area (Å²) in [7, 11) is 1.84. The molecule has 1 aromatic carbocycles. The van der Waals surface area contributed by atoms with Gasteiger partial charge in [0.1, 0.15) is 0 Å². The van der Waals surface area contributed by atoms with E-state index in [0.29, 0.717) is 17.3 Å². The summed E-state index contributed by atoms with van der Waals surface area (Å²) in [5.74, 6) is 1.03. The number of aromatic nitrogens is 3. The van der Waals surface area contributed by atoms with E-state index in [9.17, 15) is 9.59 Å². The lowest BCUT2D eigenvalue weighted by Crippen LogP contribution is -2.37. The fourth-order valence-corrected chi connectivity index (χ4v) is 3.64. The molecule has 1 saturated heterocycles. The van der Waals surface area contributed by atoms with Gasteiger partial charge in [-0.1, -0.05) is 0 Å². The smallest absolute Gasteiger partial charge is 0.256 e. The third kappa shape index (κ3) is 3.94. The first-order valence-electron chi connectivity index (χ1n) is 9.52. The number of fused-ring (bicyclic) bond motifs is 1. The molecule has 0 unspecified atom stereocenters. The topological polar surface area (TPSA) is 91.0 Å². The minimum atomic E-state index is -0.132. The van der Waals surface area contributed by atoms with Crippen LogP contribution in [0.1, 0.15) is 23.2 Å². The van der Waals surface area contributed by atoms with Crippen molar-refractivity contribution in [3.05, 3.63) is 58.6 Å². The van der Waals surface area contributed by atoms with Gasteiger partial charge in [-0.25, -0.2) is 9.97 Å². The maximum absolute atomic E-state index is 12.7. The number of aromatic amines is 1. The van der Waals surface area contributed by atoms with Gasteiger partial charge in [0.05, 0.1) is 5.56 Å². The van der Waals surface area contributed by atoms with Crippen LogP contribution >= 0.6 is 0 Å². The van der Waals surface area contributed by atoms with E-state index in [1.54, 1.807) is 23.4 Å². The third-order valence-corrected chi connectivity index (χ3v) is 5.22. The predicted molar refractivity (Wildman–Crippen MR) is 108 cm³/mol. The summed E-state index contributed by atoms with van der Waals surface area (Å²) in [4.78, 5) is 37.4. The zero-order chi connectivity index (χ0) is 19.5. The Morgan fingerprint density at radius 3 is 2.64 bits per heavy atom. The van der Waals surface area contributed by atoms with Gasteiger partial charge in [-0.05, 0) is 61.5 Å². The van der Waals surface area contributed by atoms with Gasteiger partial charge in [0, 0.05) is 43.1 Å². The molecule has 2 N–H and O–H groups in total. The summed E-state index contributed by atoms with van der Waals surface area (Å²) < 4.78 is 0. The van der Waals surface area contributed by atoms with E-state index in [4.69, 9.17) is 0 Å². The lowest BCUT2D eigenvalue weighted by Gasteiger charge is -2.27. The van der Waals surface area contributed by atoms with E-state index in [1.165, 1.54) is 6.07 Å². The number of nitrogens with one attached hydrogen (secondary N) is 2. The molecule has 1 aliphatic rings. The molecular weight excluding hydrogens is 354 g/mol. The van der Waals surface area contributed by atoms with Crippen LogP contribution < -0.4 is 10.9 Å². The summed E-state index contributed by atoms with van der Waals surface area (Å²) in [6.45, 7) is 2.79. The molecule has 4 rings (SSSR count). The molecule has 3 aromatic rings. The number of nitrogens with zero attached hydrogens (tertiary/aromatic N) is 3. The number of hydrogen-bond acceptors (Lipinski definition) is 5. The van der Waals surface area contributed by atoms with Gasteiger partial charge in [-0.15, -0.1) is 0 Å². The van der Waals surface area contributed by atoms with Crippen LogP contribution in [0.15, 0.2) is 47.5 Å². The maximum Gasteiger partial charge on any atom is 0.256 e. The minimum absolute atomic E-state index is 0.0545. The Hall–Kier alpha value is -3.06. The van der Waals surface area contributed by atoms with Crippen LogP contribution in [0.4, 0.5) is 0 Å². The second-order valence-electron chi connectivity index (χ2n) is 7.30. The molecule has 0 radical (unpaired) electrons. The molecule has 0 aliphatic carbocycles. The van der Waals surface area contributed by atoms with Gasteiger partial charge in [0.2, 0.25) is 5.56 Å². The van der Waals surface area contributed by atoms with Crippen molar-refractivity contribution in [3.63, 3.8) is 0 Å². The molecular formula is C21H23N5O2. The number of carbonyl (C=O) groups excluding carboxylic acids is 1. The average molecular weight is 377 g/mol. The number of H-pyrrole nitrogens is 1. The number of benzene rings is 1. The van der Waals surface area contributed by atoms with Crippen molar-refractivity contribution in [2.75, 3.05) is 26.7 Å². The molecule has 0 spiro atoms. The molecule has 0 bridgehead atoms. The predicted octanol–water partition coefficient (Wildman–Crippen LogP) is 2.06. The summed E-state index contributed by atoms with van der Waals surface area (Å²) in [6, 6.07) is 8.88. The Labute approximate surface area is 162 Å². The summed E-state index contributed by atoms with van der Waals surface area (Å²) >= 11 is 0. The lowest BCUT2D eigenvalue weighted by atomic mass is 9.97. The van der Waals surface area contributed by atoms with Crippen LogP contribution in [0, 0.1) is 5.92 Å². The van der Waals surface area contributed by atoms with Gasteiger partial charge in [0.15, 0.2) is 5.82 Å². The molecule has 0 atom stereocenters.